The fourth-order valence-corrected chi connectivity index (χ4v) is 4.80. The summed E-state index contributed by atoms with van der Waals surface area (Å²) < 4.78 is 65.1. The van der Waals surface area contributed by atoms with Crippen molar-refractivity contribution < 1.29 is 26.4 Å². The Balaban J connectivity index is 1.55. The summed E-state index contributed by atoms with van der Waals surface area (Å²) in [5.41, 5.74) is -0.972. The third kappa shape index (κ3) is 5.22. The number of alkyl halides is 3. The Hall–Kier alpha value is -1.61. The molecule has 1 aliphatic heterocycles. The van der Waals surface area contributed by atoms with Gasteiger partial charge in [0, 0.05) is 25.6 Å². The topological polar surface area (TPSA) is 66.5 Å². The minimum Gasteiger partial charge on any atom is -0.353 e. The molecular formula is C18H23F3N2O3S. The summed E-state index contributed by atoms with van der Waals surface area (Å²) >= 11 is 0. The van der Waals surface area contributed by atoms with Gasteiger partial charge in [0.15, 0.2) is 0 Å². The molecule has 150 valence electrons. The average Bonchev–Trinajstić information content (AvgIpc) is 3.44. The fraction of sp³-hybridized carbons (Fsp3) is 0.611. The number of hydrogen-bond acceptors (Lipinski definition) is 3. The molecule has 9 heteroatoms. The Labute approximate surface area is 157 Å². The highest BCUT2D eigenvalue weighted by molar-refractivity contribution is 7.89. The van der Waals surface area contributed by atoms with Crippen molar-refractivity contribution in [1.82, 2.24) is 9.62 Å². The molecule has 0 atom stereocenters. The van der Waals surface area contributed by atoms with Gasteiger partial charge in [-0.1, -0.05) is 6.07 Å². The Morgan fingerprint density at radius 3 is 2.41 bits per heavy atom. The molecule has 1 aromatic carbocycles. The summed E-state index contributed by atoms with van der Waals surface area (Å²) in [6, 6.07) is 4.18. The van der Waals surface area contributed by atoms with E-state index in [1.165, 1.54) is 10.4 Å². The van der Waals surface area contributed by atoms with Crippen LogP contribution in [-0.2, 0) is 21.0 Å². The second-order valence-corrected chi connectivity index (χ2v) is 9.19. The van der Waals surface area contributed by atoms with E-state index in [0.29, 0.717) is 37.8 Å². The quantitative estimate of drug-likeness (QED) is 0.792. The van der Waals surface area contributed by atoms with Crippen LogP contribution in [0.4, 0.5) is 13.2 Å². The Kier molecular flexibility index (Phi) is 5.81. The molecule has 1 saturated heterocycles. The number of piperidine rings is 1. The molecule has 1 heterocycles. The van der Waals surface area contributed by atoms with Crippen molar-refractivity contribution in [3.8, 4) is 0 Å². The van der Waals surface area contributed by atoms with E-state index < -0.39 is 21.8 Å². The third-order valence-electron chi connectivity index (χ3n) is 5.09. The molecule has 2 fully saturated rings. The van der Waals surface area contributed by atoms with Gasteiger partial charge in [-0.15, -0.1) is 0 Å². The van der Waals surface area contributed by atoms with E-state index in [4.69, 9.17) is 0 Å². The highest BCUT2D eigenvalue weighted by atomic mass is 32.2. The van der Waals surface area contributed by atoms with Crippen LogP contribution in [0.3, 0.4) is 0 Å². The van der Waals surface area contributed by atoms with Crippen molar-refractivity contribution in [2.24, 2.45) is 5.92 Å². The molecule has 1 saturated carbocycles. The van der Waals surface area contributed by atoms with E-state index in [-0.39, 0.29) is 29.8 Å². The first-order valence-electron chi connectivity index (χ1n) is 9.13. The number of amides is 1. The Bertz CT molecular complexity index is 783. The van der Waals surface area contributed by atoms with Crippen molar-refractivity contribution in [2.45, 2.75) is 55.6 Å². The summed E-state index contributed by atoms with van der Waals surface area (Å²) in [6.45, 7) is 0.515. The maximum absolute atomic E-state index is 12.8. The van der Waals surface area contributed by atoms with Crippen LogP contribution in [-0.4, -0.2) is 37.8 Å². The number of nitrogens with one attached hydrogen (secondary N) is 1. The van der Waals surface area contributed by atoms with Gasteiger partial charge in [-0.2, -0.15) is 17.5 Å². The summed E-state index contributed by atoms with van der Waals surface area (Å²) in [7, 11) is -3.95. The van der Waals surface area contributed by atoms with Gasteiger partial charge < -0.3 is 5.32 Å². The lowest BCUT2D eigenvalue weighted by molar-refractivity contribution is -0.137. The van der Waals surface area contributed by atoms with Crippen LogP contribution in [0.1, 0.15) is 44.1 Å². The first kappa shape index (κ1) is 20.1. The number of rotatable bonds is 6. The molecule has 1 aromatic rings. The van der Waals surface area contributed by atoms with E-state index in [0.717, 1.165) is 25.0 Å². The first-order valence-corrected chi connectivity index (χ1v) is 10.6. The largest absolute Gasteiger partial charge is 0.416 e. The monoisotopic (exact) mass is 404 g/mol. The van der Waals surface area contributed by atoms with Crippen molar-refractivity contribution in [3.63, 3.8) is 0 Å². The van der Waals surface area contributed by atoms with E-state index in [1.54, 1.807) is 0 Å². The smallest absolute Gasteiger partial charge is 0.353 e. The van der Waals surface area contributed by atoms with Gasteiger partial charge in [0.05, 0.1) is 10.5 Å². The Morgan fingerprint density at radius 2 is 1.81 bits per heavy atom. The highest BCUT2D eigenvalue weighted by Gasteiger charge is 2.34. The second kappa shape index (κ2) is 7.79. The SMILES string of the molecule is O=C(CCC1CCN(S(=O)(=O)c2cccc(C(F)(F)F)c2)CC1)NC1CC1. The molecule has 1 aliphatic carbocycles. The normalized spacial score (nSPS) is 19.8. The number of halogens is 3. The summed E-state index contributed by atoms with van der Waals surface area (Å²) in [5.74, 6) is 0.291. The molecule has 27 heavy (non-hydrogen) atoms. The highest BCUT2D eigenvalue weighted by Crippen LogP contribution is 2.32. The van der Waals surface area contributed by atoms with E-state index in [9.17, 15) is 26.4 Å². The number of carbonyl (C=O) groups is 1. The fourth-order valence-electron chi connectivity index (χ4n) is 3.28. The van der Waals surface area contributed by atoms with E-state index in [1.807, 2.05) is 0 Å². The molecule has 0 unspecified atom stereocenters. The molecule has 2 aliphatic rings. The van der Waals surface area contributed by atoms with E-state index >= 15 is 0 Å². The van der Waals surface area contributed by atoms with Crippen molar-refractivity contribution in [2.75, 3.05) is 13.1 Å². The van der Waals surface area contributed by atoms with Crippen LogP contribution in [0.15, 0.2) is 29.2 Å². The van der Waals surface area contributed by atoms with Crippen LogP contribution in [0.5, 0.6) is 0 Å². The zero-order valence-electron chi connectivity index (χ0n) is 14.8. The minimum atomic E-state index is -4.58. The van der Waals surface area contributed by atoms with Gasteiger partial charge in [0.2, 0.25) is 15.9 Å². The van der Waals surface area contributed by atoms with Crippen molar-refractivity contribution in [3.05, 3.63) is 29.8 Å². The number of benzene rings is 1. The lowest BCUT2D eigenvalue weighted by atomic mass is 9.93. The van der Waals surface area contributed by atoms with Crippen molar-refractivity contribution in [1.29, 1.82) is 0 Å². The lowest BCUT2D eigenvalue weighted by Crippen LogP contribution is -2.38. The van der Waals surface area contributed by atoms with Crippen LogP contribution >= 0.6 is 0 Å². The summed E-state index contributed by atoms with van der Waals surface area (Å²) in [6.07, 6.45) is -0.157. The third-order valence-corrected chi connectivity index (χ3v) is 6.99. The molecule has 3 rings (SSSR count). The van der Waals surface area contributed by atoms with Crippen LogP contribution in [0.2, 0.25) is 0 Å². The zero-order valence-corrected chi connectivity index (χ0v) is 15.7. The van der Waals surface area contributed by atoms with Gasteiger partial charge in [-0.05, 0) is 56.2 Å². The number of carbonyl (C=O) groups excluding carboxylic acids is 1. The van der Waals surface area contributed by atoms with Gasteiger partial charge in [-0.3, -0.25) is 4.79 Å². The Morgan fingerprint density at radius 1 is 1.15 bits per heavy atom. The lowest BCUT2D eigenvalue weighted by Gasteiger charge is -2.31. The standard InChI is InChI=1S/C18H23F3N2O3S/c19-18(20,21)14-2-1-3-16(12-14)27(25,26)23-10-8-13(9-11-23)4-7-17(24)22-15-5-6-15/h1-3,12-13,15H,4-11H2,(H,22,24). The van der Waals surface area contributed by atoms with Gasteiger partial charge in [0.1, 0.15) is 0 Å². The van der Waals surface area contributed by atoms with Gasteiger partial charge in [0.25, 0.3) is 0 Å². The molecule has 0 spiro atoms. The number of nitrogens with zero attached hydrogens (tertiary/aromatic N) is 1. The predicted octanol–water partition coefficient (Wildman–Crippen LogP) is 3.16. The summed E-state index contributed by atoms with van der Waals surface area (Å²) in [5, 5.41) is 2.93. The number of hydrogen-bond donors (Lipinski definition) is 1. The van der Waals surface area contributed by atoms with Gasteiger partial charge >= 0.3 is 6.18 Å². The first-order chi connectivity index (χ1) is 12.7. The molecule has 0 bridgehead atoms. The predicted molar refractivity (Wildman–Crippen MR) is 93.3 cm³/mol. The minimum absolute atomic E-state index is 0.0384. The molecule has 1 amide bonds. The number of sulfonamides is 1. The van der Waals surface area contributed by atoms with Crippen LogP contribution in [0.25, 0.3) is 0 Å². The second-order valence-electron chi connectivity index (χ2n) is 7.25. The molecular weight excluding hydrogens is 381 g/mol. The molecule has 0 aromatic heterocycles. The molecule has 5 nitrogen and oxygen atoms in total. The maximum atomic E-state index is 12.8. The zero-order chi connectivity index (χ0) is 19.7. The molecule has 0 radical (unpaired) electrons. The van der Waals surface area contributed by atoms with Gasteiger partial charge in [-0.25, -0.2) is 8.42 Å². The van der Waals surface area contributed by atoms with Crippen LogP contribution < -0.4 is 5.32 Å². The van der Waals surface area contributed by atoms with Crippen molar-refractivity contribution >= 4 is 15.9 Å². The average molecular weight is 404 g/mol. The van der Waals surface area contributed by atoms with Crippen LogP contribution in [0, 0.1) is 5.92 Å². The maximum Gasteiger partial charge on any atom is 0.416 e. The summed E-state index contributed by atoms with van der Waals surface area (Å²) in [4.78, 5) is 11.4. The molecule has 1 N–H and O–H groups in total. The van der Waals surface area contributed by atoms with E-state index in [2.05, 4.69) is 5.32 Å².